The normalized spacial score (nSPS) is 11.6. The molecule has 1 aromatic heterocycles. The predicted octanol–water partition coefficient (Wildman–Crippen LogP) is 1.65. The van der Waals surface area contributed by atoms with Crippen LogP contribution in [0, 0.1) is 0 Å². The number of amides is 1. The number of carbonyl (C=O) groups excluding carboxylic acids is 2. The number of nitrogen functional groups attached to an aromatic ring is 1. The fraction of sp³-hybridized carbons (Fsp3) is 0.250. The number of aromatic nitrogens is 2. The van der Waals surface area contributed by atoms with Crippen LogP contribution in [0.2, 0.25) is 0 Å². The number of ether oxygens (including phenoxy) is 1. The SMILES string of the molecule is CCOC(=O)c1ccc(NC(=O)[C@H](C)Sc2nc(N)cc(=O)[nH]2)cc1. The summed E-state index contributed by atoms with van der Waals surface area (Å²) in [6.45, 7) is 3.70. The third-order valence-corrected chi connectivity index (χ3v) is 4.05. The minimum Gasteiger partial charge on any atom is -0.462 e. The first-order chi connectivity index (χ1) is 11.9. The number of hydrogen-bond acceptors (Lipinski definition) is 7. The molecule has 1 aromatic carbocycles. The van der Waals surface area contributed by atoms with E-state index in [1.165, 1.54) is 6.07 Å². The van der Waals surface area contributed by atoms with Crippen molar-refractivity contribution >= 4 is 35.1 Å². The number of rotatable bonds is 6. The van der Waals surface area contributed by atoms with E-state index in [1.807, 2.05) is 0 Å². The van der Waals surface area contributed by atoms with Gasteiger partial charge in [0.05, 0.1) is 17.4 Å². The topological polar surface area (TPSA) is 127 Å². The molecular weight excluding hydrogens is 344 g/mol. The zero-order chi connectivity index (χ0) is 18.4. The Kier molecular flexibility index (Phi) is 6.18. The lowest BCUT2D eigenvalue weighted by atomic mass is 10.2. The molecule has 2 aromatic rings. The molecule has 0 saturated carbocycles. The number of hydrogen-bond donors (Lipinski definition) is 3. The van der Waals surface area contributed by atoms with Gasteiger partial charge in [-0.15, -0.1) is 0 Å². The second-order valence-corrected chi connectivity index (χ2v) is 6.35. The van der Waals surface area contributed by atoms with Gasteiger partial charge in [0.25, 0.3) is 5.56 Å². The average molecular weight is 362 g/mol. The molecule has 0 fully saturated rings. The first-order valence-electron chi connectivity index (χ1n) is 7.50. The Labute approximate surface area is 148 Å². The summed E-state index contributed by atoms with van der Waals surface area (Å²) in [5.41, 5.74) is 6.08. The monoisotopic (exact) mass is 362 g/mol. The molecule has 0 aliphatic carbocycles. The van der Waals surface area contributed by atoms with Crippen molar-refractivity contribution in [3.8, 4) is 0 Å². The summed E-state index contributed by atoms with van der Waals surface area (Å²) >= 11 is 1.08. The van der Waals surface area contributed by atoms with Gasteiger partial charge in [-0.3, -0.25) is 9.59 Å². The molecule has 0 spiro atoms. The number of carbonyl (C=O) groups is 2. The molecule has 9 heteroatoms. The van der Waals surface area contributed by atoms with Gasteiger partial charge in [0.1, 0.15) is 5.82 Å². The number of nitrogens with one attached hydrogen (secondary N) is 2. The quantitative estimate of drug-likeness (QED) is 0.405. The smallest absolute Gasteiger partial charge is 0.338 e. The molecule has 0 radical (unpaired) electrons. The van der Waals surface area contributed by atoms with Gasteiger partial charge in [0.2, 0.25) is 5.91 Å². The van der Waals surface area contributed by atoms with Crippen LogP contribution < -0.4 is 16.6 Å². The van der Waals surface area contributed by atoms with E-state index in [0.29, 0.717) is 17.9 Å². The van der Waals surface area contributed by atoms with Crippen LogP contribution >= 0.6 is 11.8 Å². The van der Waals surface area contributed by atoms with Crippen molar-refractivity contribution in [3.05, 3.63) is 46.2 Å². The van der Waals surface area contributed by atoms with Crippen molar-refractivity contribution in [2.24, 2.45) is 0 Å². The summed E-state index contributed by atoms with van der Waals surface area (Å²) in [5, 5.41) is 2.48. The maximum atomic E-state index is 12.2. The molecule has 2 rings (SSSR count). The highest BCUT2D eigenvalue weighted by Crippen LogP contribution is 2.20. The Bertz CT molecular complexity index is 820. The van der Waals surface area contributed by atoms with E-state index in [9.17, 15) is 14.4 Å². The molecule has 1 amide bonds. The van der Waals surface area contributed by atoms with Crippen LogP contribution in [0.25, 0.3) is 0 Å². The number of aromatic amines is 1. The van der Waals surface area contributed by atoms with Gasteiger partial charge in [-0.25, -0.2) is 9.78 Å². The highest BCUT2D eigenvalue weighted by atomic mass is 32.2. The predicted molar refractivity (Wildman–Crippen MR) is 95.6 cm³/mol. The summed E-state index contributed by atoms with van der Waals surface area (Å²) < 4.78 is 4.90. The van der Waals surface area contributed by atoms with E-state index < -0.39 is 11.2 Å². The van der Waals surface area contributed by atoms with Crippen molar-refractivity contribution in [3.63, 3.8) is 0 Å². The van der Waals surface area contributed by atoms with Crippen molar-refractivity contribution in [2.45, 2.75) is 24.3 Å². The summed E-state index contributed by atoms with van der Waals surface area (Å²) in [4.78, 5) is 41.7. The molecule has 0 aliphatic rings. The first kappa shape index (κ1) is 18.5. The standard InChI is InChI=1S/C16H18N4O4S/c1-3-24-15(23)10-4-6-11(7-5-10)18-14(22)9(2)25-16-19-12(17)8-13(21)20-16/h4-9H,3H2,1-2H3,(H,18,22)(H3,17,19,20,21)/t9-/m0/s1. The third-order valence-electron chi connectivity index (χ3n) is 3.06. The van der Waals surface area contributed by atoms with Gasteiger partial charge in [0.15, 0.2) is 5.16 Å². The molecule has 4 N–H and O–H groups in total. The second kappa shape index (κ2) is 8.34. The van der Waals surface area contributed by atoms with Crippen LogP contribution in [0.3, 0.4) is 0 Å². The second-order valence-electron chi connectivity index (χ2n) is 5.02. The van der Waals surface area contributed by atoms with E-state index in [4.69, 9.17) is 10.5 Å². The van der Waals surface area contributed by atoms with Gasteiger partial charge in [-0.2, -0.15) is 0 Å². The number of esters is 1. The summed E-state index contributed by atoms with van der Waals surface area (Å²) in [5.74, 6) is -0.603. The van der Waals surface area contributed by atoms with Gasteiger partial charge < -0.3 is 20.8 Å². The molecule has 25 heavy (non-hydrogen) atoms. The van der Waals surface area contributed by atoms with Gasteiger partial charge in [0, 0.05) is 11.8 Å². The van der Waals surface area contributed by atoms with Gasteiger partial charge in [-0.05, 0) is 38.1 Å². The highest BCUT2D eigenvalue weighted by molar-refractivity contribution is 8.00. The lowest BCUT2D eigenvalue weighted by molar-refractivity contribution is -0.115. The van der Waals surface area contributed by atoms with Crippen LogP contribution in [-0.2, 0) is 9.53 Å². The largest absolute Gasteiger partial charge is 0.462 e. The Morgan fingerprint density at radius 2 is 2.04 bits per heavy atom. The van der Waals surface area contributed by atoms with E-state index in [0.717, 1.165) is 11.8 Å². The number of anilines is 2. The lowest BCUT2D eigenvalue weighted by Crippen LogP contribution is -2.23. The van der Waals surface area contributed by atoms with Crippen molar-refractivity contribution in [1.82, 2.24) is 9.97 Å². The average Bonchev–Trinajstić information content (AvgIpc) is 2.54. The van der Waals surface area contributed by atoms with Crippen LogP contribution in [0.15, 0.2) is 40.3 Å². The number of benzene rings is 1. The van der Waals surface area contributed by atoms with Gasteiger partial charge in [-0.1, -0.05) is 11.8 Å². The maximum absolute atomic E-state index is 12.2. The zero-order valence-electron chi connectivity index (χ0n) is 13.7. The van der Waals surface area contributed by atoms with E-state index in [1.54, 1.807) is 38.1 Å². The van der Waals surface area contributed by atoms with Crippen molar-refractivity contribution < 1.29 is 14.3 Å². The molecule has 8 nitrogen and oxygen atoms in total. The molecule has 1 heterocycles. The fourth-order valence-electron chi connectivity index (χ4n) is 1.88. The lowest BCUT2D eigenvalue weighted by Gasteiger charge is -2.12. The van der Waals surface area contributed by atoms with E-state index in [2.05, 4.69) is 15.3 Å². The Hall–Kier alpha value is -2.81. The maximum Gasteiger partial charge on any atom is 0.338 e. The molecule has 0 aliphatic heterocycles. The summed E-state index contributed by atoms with van der Waals surface area (Å²) in [7, 11) is 0. The number of thioether (sulfide) groups is 1. The number of H-pyrrole nitrogens is 1. The summed E-state index contributed by atoms with van der Waals surface area (Å²) in [6, 6.07) is 7.54. The van der Waals surface area contributed by atoms with E-state index >= 15 is 0 Å². The van der Waals surface area contributed by atoms with Crippen LogP contribution in [0.4, 0.5) is 11.5 Å². The van der Waals surface area contributed by atoms with Crippen LogP contribution in [-0.4, -0.2) is 33.7 Å². The van der Waals surface area contributed by atoms with Gasteiger partial charge >= 0.3 is 5.97 Å². The minimum atomic E-state index is -0.519. The number of nitrogens with two attached hydrogens (primary N) is 1. The highest BCUT2D eigenvalue weighted by Gasteiger charge is 2.16. The zero-order valence-corrected chi connectivity index (χ0v) is 14.6. The molecule has 132 valence electrons. The molecule has 0 unspecified atom stereocenters. The molecular formula is C16H18N4O4S. The van der Waals surface area contributed by atoms with Crippen molar-refractivity contribution in [2.75, 3.05) is 17.7 Å². The minimum absolute atomic E-state index is 0.0911. The fourth-order valence-corrected chi connectivity index (χ4v) is 2.70. The summed E-state index contributed by atoms with van der Waals surface area (Å²) in [6.07, 6.45) is 0. The number of nitrogens with zero attached hydrogens (tertiary/aromatic N) is 1. The van der Waals surface area contributed by atoms with Crippen molar-refractivity contribution in [1.29, 1.82) is 0 Å². The van der Waals surface area contributed by atoms with Crippen LogP contribution in [0.5, 0.6) is 0 Å². The Morgan fingerprint density at radius 1 is 1.36 bits per heavy atom. The molecule has 1 atom stereocenters. The first-order valence-corrected chi connectivity index (χ1v) is 8.38. The third kappa shape index (κ3) is 5.35. The molecule has 0 bridgehead atoms. The van der Waals surface area contributed by atoms with E-state index in [-0.39, 0.29) is 22.4 Å². The Morgan fingerprint density at radius 3 is 2.64 bits per heavy atom. The molecule has 0 saturated heterocycles. The Balaban J connectivity index is 1.98. The van der Waals surface area contributed by atoms with Crippen LogP contribution in [0.1, 0.15) is 24.2 Å².